The van der Waals surface area contributed by atoms with Gasteiger partial charge in [-0.3, -0.25) is 9.59 Å². The molecule has 1 N–H and O–H groups in total. The van der Waals surface area contributed by atoms with Crippen molar-refractivity contribution in [1.82, 2.24) is 9.99 Å². The minimum absolute atomic E-state index is 0.0112. The van der Waals surface area contributed by atoms with E-state index in [0.29, 0.717) is 12.8 Å². The first-order chi connectivity index (χ1) is 19.1. The zero-order valence-corrected chi connectivity index (χ0v) is 20.9. The molecule has 1 aromatic heterocycles. The fraction of sp³-hybridized carbons (Fsp3) is 0.393. The van der Waals surface area contributed by atoms with E-state index in [4.69, 9.17) is 11.6 Å². The molecule has 0 spiro atoms. The Balaban J connectivity index is 1.92. The van der Waals surface area contributed by atoms with E-state index >= 15 is 4.39 Å². The molecule has 7 nitrogen and oxygen atoms in total. The van der Waals surface area contributed by atoms with Gasteiger partial charge in [0.25, 0.3) is 11.5 Å². The molecule has 2 aromatic carbocycles. The van der Waals surface area contributed by atoms with Crippen LogP contribution in [0.25, 0.3) is 10.8 Å². The number of benzene rings is 2. The monoisotopic (exact) mass is 498 g/mol. The molecular weight excluding hydrogens is 461 g/mol. The summed E-state index contributed by atoms with van der Waals surface area (Å²) in [6.45, 7) is 7.98. The highest BCUT2D eigenvalue weighted by Gasteiger charge is 2.35. The normalized spacial score (nSPS) is 16.3. The molecular formula is C28H32FN3O4. The van der Waals surface area contributed by atoms with Gasteiger partial charge in [-0.2, -0.15) is 0 Å². The van der Waals surface area contributed by atoms with Crippen LogP contribution in [0, 0.1) is 18.7 Å². The molecule has 1 aliphatic carbocycles. The van der Waals surface area contributed by atoms with Crippen LogP contribution in [-0.2, 0) is 4.74 Å². The van der Waals surface area contributed by atoms with E-state index in [1.54, 1.807) is 27.7 Å². The molecule has 1 saturated carbocycles. The third-order valence-corrected chi connectivity index (χ3v) is 5.95. The van der Waals surface area contributed by atoms with Gasteiger partial charge >= 0.3 is 6.09 Å². The standard InChI is InChI=1S/C28H32FN3O4/c1-6-31(27(35)36-28(3,4)5)32-17(2)22(20-13-10-14-21(29)23(20)26(32)34)25(33)30-24(19-15-16-19)18-11-8-7-9-12-18/h7-14,19,24H,6,15-16H2,1-5H3,(H,30,33)/t24-/m1/s1/i7D,8D,9D,11D,12D. The lowest BCUT2D eigenvalue weighted by atomic mass is 9.99. The summed E-state index contributed by atoms with van der Waals surface area (Å²) in [6.07, 6.45) is 0.439. The number of pyridine rings is 1. The van der Waals surface area contributed by atoms with Crippen molar-refractivity contribution >= 4 is 22.8 Å². The highest BCUT2D eigenvalue weighted by Crippen LogP contribution is 2.41. The van der Waals surface area contributed by atoms with Crippen LogP contribution in [0.5, 0.6) is 0 Å². The van der Waals surface area contributed by atoms with Gasteiger partial charge in [-0.25, -0.2) is 18.9 Å². The summed E-state index contributed by atoms with van der Waals surface area (Å²) in [5.74, 6) is -1.83. The van der Waals surface area contributed by atoms with Gasteiger partial charge in [0.15, 0.2) is 0 Å². The van der Waals surface area contributed by atoms with Crippen LogP contribution < -0.4 is 15.9 Å². The third-order valence-electron chi connectivity index (χ3n) is 5.95. The van der Waals surface area contributed by atoms with Crippen molar-refractivity contribution < 1.29 is 25.6 Å². The Morgan fingerprint density at radius 2 is 1.92 bits per heavy atom. The van der Waals surface area contributed by atoms with Crippen LogP contribution >= 0.6 is 0 Å². The molecule has 0 bridgehead atoms. The largest absolute Gasteiger partial charge is 0.442 e. The highest BCUT2D eigenvalue weighted by atomic mass is 19.1. The summed E-state index contributed by atoms with van der Waals surface area (Å²) in [4.78, 5) is 40.7. The minimum Gasteiger partial charge on any atom is -0.442 e. The predicted molar refractivity (Wildman–Crippen MR) is 137 cm³/mol. The van der Waals surface area contributed by atoms with Gasteiger partial charge < -0.3 is 10.1 Å². The second-order valence-electron chi connectivity index (χ2n) is 9.76. The van der Waals surface area contributed by atoms with E-state index in [1.807, 2.05) is 0 Å². The molecule has 1 heterocycles. The smallest absolute Gasteiger partial charge is 0.429 e. The van der Waals surface area contributed by atoms with Gasteiger partial charge in [0.2, 0.25) is 0 Å². The van der Waals surface area contributed by atoms with Crippen LogP contribution in [0.15, 0.2) is 53.2 Å². The molecule has 0 aliphatic heterocycles. The Morgan fingerprint density at radius 1 is 1.25 bits per heavy atom. The third kappa shape index (κ3) is 4.98. The Kier molecular flexibility index (Phi) is 5.29. The number of hydrogen-bond donors (Lipinski definition) is 1. The number of rotatable bonds is 6. The van der Waals surface area contributed by atoms with Crippen molar-refractivity contribution in [1.29, 1.82) is 0 Å². The lowest BCUT2D eigenvalue weighted by molar-refractivity contribution is 0.0537. The lowest BCUT2D eigenvalue weighted by Gasteiger charge is -2.30. The minimum atomic E-state index is -0.937. The quantitative estimate of drug-likeness (QED) is 0.505. The maximum Gasteiger partial charge on any atom is 0.429 e. The maximum atomic E-state index is 15.2. The number of halogens is 1. The van der Waals surface area contributed by atoms with E-state index < -0.39 is 70.6 Å². The SMILES string of the molecule is [2H]c1c([2H])c([2H])c([C@@H](NC(=O)c2c(C)n(N(CC)C(=O)OC(C)(C)C)c(=O)c3c(F)cccc23)C2CC2)c([2H])c1[2H]. The molecule has 0 saturated heterocycles. The number of carbonyl (C=O) groups excluding carboxylic acids is 2. The predicted octanol–water partition coefficient (Wildman–Crippen LogP) is 5.22. The molecule has 3 aromatic rings. The fourth-order valence-corrected chi connectivity index (χ4v) is 4.24. The summed E-state index contributed by atoms with van der Waals surface area (Å²) < 4.78 is 62.4. The molecule has 1 aliphatic rings. The van der Waals surface area contributed by atoms with Gasteiger partial charge in [0, 0.05) is 11.9 Å². The average Bonchev–Trinajstić information content (AvgIpc) is 3.72. The molecule has 0 radical (unpaired) electrons. The van der Waals surface area contributed by atoms with Crippen molar-refractivity contribution in [2.24, 2.45) is 5.92 Å². The number of aromatic nitrogens is 1. The molecule has 190 valence electrons. The molecule has 1 atom stereocenters. The van der Waals surface area contributed by atoms with Crippen LogP contribution in [0.2, 0.25) is 0 Å². The van der Waals surface area contributed by atoms with Gasteiger partial charge in [-0.15, -0.1) is 0 Å². The summed E-state index contributed by atoms with van der Waals surface area (Å²) >= 11 is 0. The first-order valence-electron chi connectivity index (χ1n) is 14.3. The molecule has 2 amide bonds. The number of hydrogen-bond acceptors (Lipinski definition) is 4. The topological polar surface area (TPSA) is 80.6 Å². The number of fused-ring (bicyclic) bond motifs is 1. The van der Waals surface area contributed by atoms with Crippen molar-refractivity contribution in [2.75, 3.05) is 11.6 Å². The summed E-state index contributed by atoms with van der Waals surface area (Å²) in [6, 6.07) is 0.491. The highest BCUT2D eigenvalue weighted by molar-refractivity contribution is 6.08. The van der Waals surface area contributed by atoms with Gasteiger partial charge in [0.1, 0.15) is 11.4 Å². The number of ether oxygens (including phenoxy) is 1. The van der Waals surface area contributed by atoms with Crippen LogP contribution in [-0.4, -0.2) is 28.8 Å². The van der Waals surface area contributed by atoms with E-state index in [9.17, 15) is 14.4 Å². The lowest BCUT2D eigenvalue weighted by Crippen LogP contribution is -2.50. The first-order valence-corrected chi connectivity index (χ1v) is 11.8. The second kappa shape index (κ2) is 9.76. The molecule has 0 unspecified atom stereocenters. The second-order valence-corrected chi connectivity index (χ2v) is 9.76. The fourth-order valence-electron chi connectivity index (χ4n) is 4.24. The van der Waals surface area contributed by atoms with E-state index in [0.717, 1.165) is 15.8 Å². The Labute approximate surface area is 216 Å². The molecule has 1 fully saturated rings. The van der Waals surface area contributed by atoms with Crippen molar-refractivity contribution in [3.8, 4) is 0 Å². The Morgan fingerprint density at radius 3 is 2.50 bits per heavy atom. The molecule has 36 heavy (non-hydrogen) atoms. The van der Waals surface area contributed by atoms with Crippen molar-refractivity contribution in [3.63, 3.8) is 0 Å². The number of amides is 2. The molecule has 4 rings (SSSR count). The van der Waals surface area contributed by atoms with E-state index in [1.165, 1.54) is 19.1 Å². The van der Waals surface area contributed by atoms with E-state index in [-0.39, 0.29) is 34.7 Å². The van der Waals surface area contributed by atoms with Crippen molar-refractivity contribution in [3.05, 3.63) is 81.4 Å². The Hall–Kier alpha value is -3.68. The summed E-state index contributed by atoms with van der Waals surface area (Å²) in [7, 11) is 0. The maximum absolute atomic E-state index is 15.2. The first kappa shape index (κ1) is 19.5. The van der Waals surface area contributed by atoms with Gasteiger partial charge in [0.05, 0.1) is 29.5 Å². The zero-order chi connectivity index (χ0) is 30.5. The summed E-state index contributed by atoms with van der Waals surface area (Å²) in [5, 5.41) is 3.40. The van der Waals surface area contributed by atoms with Crippen molar-refractivity contribution in [2.45, 2.75) is 59.1 Å². The van der Waals surface area contributed by atoms with Crippen LogP contribution in [0.1, 0.15) is 75.0 Å². The number of carbonyl (C=O) groups is 2. The van der Waals surface area contributed by atoms with Gasteiger partial charge in [-0.1, -0.05) is 42.3 Å². The van der Waals surface area contributed by atoms with Crippen LogP contribution in [0.4, 0.5) is 9.18 Å². The summed E-state index contributed by atoms with van der Waals surface area (Å²) in [5.41, 5.74) is -1.86. The number of nitrogens with zero attached hydrogens (tertiary/aromatic N) is 2. The average molecular weight is 499 g/mol. The molecule has 8 heteroatoms. The van der Waals surface area contributed by atoms with Gasteiger partial charge in [-0.05, 0) is 65.0 Å². The Bertz CT molecular complexity index is 1600. The number of nitrogens with one attached hydrogen (secondary N) is 1. The van der Waals surface area contributed by atoms with E-state index in [2.05, 4.69) is 5.32 Å². The zero-order valence-electron chi connectivity index (χ0n) is 25.9. The van der Waals surface area contributed by atoms with Crippen LogP contribution in [0.3, 0.4) is 0 Å².